The SMILES string of the molecule is CCC=CCO[C@@H]1O[C@H](CO[C@@H]2OC[C@H](O)[C@H](O)[C@H]2O)[C@@H](O)[C@H](O)[C@H]1O. The number of rotatable bonds is 7. The molecule has 0 unspecified atom stereocenters. The summed E-state index contributed by atoms with van der Waals surface area (Å²) >= 11 is 0. The van der Waals surface area contributed by atoms with Gasteiger partial charge in [-0.25, -0.2) is 0 Å². The number of hydrogen-bond donors (Lipinski definition) is 6. The third-order valence-corrected chi connectivity index (χ3v) is 4.31. The lowest BCUT2D eigenvalue weighted by molar-refractivity contribution is -0.319. The normalized spacial score (nSPS) is 44.5. The van der Waals surface area contributed by atoms with Crippen molar-refractivity contribution in [3.63, 3.8) is 0 Å². The molecule has 9 atom stereocenters. The van der Waals surface area contributed by atoms with Gasteiger partial charge >= 0.3 is 0 Å². The van der Waals surface area contributed by atoms with Crippen LogP contribution >= 0.6 is 0 Å². The maximum absolute atomic E-state index is 10.0. The Morgan fingerprint density at radius 2 is 1.54 bits per heavy atom. The first-order chi connectivity index (χ1) is 12.4. The molecule has 10 nitrogen and oxygen atoms in total. The van der Waals surface area contributed by atoms with Crippen molar-refractivity contribution in [3.8, 4) is 0 Å². The fourth-order valence-electron chi connectivity index (χ4n) is 2.69. The molecule has 0 aliphatic carbocycles. The second-order valence-electron chi connectivity index (χ2n) is 6.31. The Bertz CT molecular complexity index is 447. The van der Waals surface area contributed by atoms with Gasteiger partial charge in [0.2, 0.25) is 0 Å². The molecule has 0 amide bonds. The molecule has 0 aromatic rings. The molecular formula is C16H28O10. The minimum atomic E-state index is -1.51. The second-order valence-corrected chi connectivity index (χ2v) is 6.31. The highest BCUT2D eigenvalue weighted by Crippen LogP contribution is 2.24. The Labute approximate surface area is 151 Å². The van der Waals surface area contributed by atoms with Crippen molar-refractivity contribution in [1.29, 1.82) is 0 Å². The Morgan fingerprint density at radius 3 is 2.23 bits per heavy atom. The molecule has 0 saturated carbocycles. The van der Waals surface area contributed by atoms with Crippen molar-refractivity contribution in [2.24, 2.45) is 0 Å². The van der Waals surface area contributed by atoms with Gasteiger partial charge in [-0.15, -0.1) is 0 Å². The fourth-order valence-corrected chi connectivity index (χ4v) is 2.69. The van der Waals surface area contributed by atoms with Gasteiger partial charge in [-0.2, -0.15) is 0 Å². The zero-order valence-corrected chi connectivity index (χ0v) is 14.5. The lowest BCUT2D eigenvalue weighted by Gasteiger charge is -2.41. The van der Waals surface area contributed by atoms with E-state index in [4.69, 9.17) is 18.9 Å². The van der Waals surface area contributed by atoms with E-state index in [1.165, 1.54) is 0 Å². The summed E-state index contributed by atoms with van der Waals surface area (Å²) < 4.78 is 21.2. The van der Waals surface area contributed by atoms with Crippen LogP contribution in [0, 0.1) is 0 Å². The number of hydrogen-bond acceptors (Lipinski definition) is 10. The molecule has 2 aliphatic heterocycles. The van der Waals surface area contributed by atoms with E-state index in [0.717, 1.165) is 6.42 Å². The average Bonchev–Trinajstić information content (AvgIpc) is 2.63. The molecular weight excluding hydrogens is 352 g/mol. The first-order valence-electron chi connectivity index (χ1n) is 8.60. The maximum atomic E-state index is 10.0. The first-order valence-corrected chi connectivity index (χ1v) is 8.60. The highest BCUT2D eigenvalue weighted by molar-refractivity contribution is 4.90. The van der Waals surface area contributed by atoms with Gasteiger partial charge in [0.15, 0.2) is 12.6 Å². The van der Waals surface area contributed by atoms with E-state index in [1.807, 2.05) is 13.0 Å². The van der Waals surface area contributed by atoms with Gasteiger partial charge in [0, 0.05) is 0 Å². The van der Waals surface area contributed by atoms with Crippen molar-refractivity contribution in [2.75, 3.05) is 19.8 Å². The number of allylic oxidation sites excluding steroid dienone is 1. The lowest BCUT2D eigenvalue weighted by atomic mass is 9.99. The molecule has 0 bridgehead atoms. The molecule has 0 aromatic carbocycles. The predicted molar refractivity (Wildman–Crippen MR) is 85.8 cm³/mol. The standard InChI is InChI=1S/C16H28O10/c1-2-3-4-5-23-16-14(22)12(20)11(19)9(26-16)7-25-15-13(21)10(18)8(17)6-24-15/h3-4,8-22H,2,5-7H2,1H3/t8-,9+,10-,11+,12-,13+,14+,15-,16+/m0/s1. The van der Waals surface area contributed by atoms with Crippen LogP contribution in [0.5, 0.6) is 0 Å². The van der Waals surface area contributed by atoms with Crippen LogP contribution in [0.15, 0.2) is 12.2 Å². The number of ether oxygens (including phenoxy) is 4. The second kappa shape index (κ2) is 10.0. The third-order valence-electron chi connectivity index (χ3n) is 4.31. The maximum Gasteiger partial charge on any atom is 0.187 e. The van der Waals surface area contributed by atoms with E-state index in [2.05, 4.69) is 0 Å². The smallest absolute Gasteiger partial charge is 0.187 e. The van der Waals surface area contributed by atoms with Crippen LogP contribution in [0.1, 0.15) is 13.3 Å². The number of aliphatic hydroxyl groups excluding tert-OH is 6. The number of aliphatic hydroxyl groups is 6. The summed E-state index contributed by atoms with van der Waals surface area (Å²) in [4.78, 5) is 0. The topological polar surface area (TPSA) is 158 Å². The van der Waals surface area contributed by atoms with Crippen molar-refractivity contribution in [2.45, 2.75) is 68.7 Å². The molecule has 0 spiro atoms. The molecule has 0 aromatic heterocycles. The van der Waals surface area contributed by atoms with Crippen molar-refractivity contribution < 1.29 is 49.6 Å². The van der Waals surface area contributed by atoms with E-state index < -0.39 is 55.3 Å². The van der Waals surface area contributed by atoms with Crippen LogP contribution in [0.4, 0.5) is 0 Å². The monoisotopic (exact) mass is 380 g/mol. The molecule has 2 saturated heterocycles. The molecule has 10 heteroatoms. The molecule has 26 heavy (non-hydrogen) atoms. The summed E-state index contributed by atoms with van der Waals surface area (Å²) in [6.07, 6.45) is -7.60. The molecule has 152 valence electrons. The average molecular weight is 380 g/mol. The van der Waals surface area contributed by atoms with E-state index in [0.29, 0.717) is 0 Å². The summed E-state index contributed by atoms with van der Waals surface area (Å²) in [7, 11) is 0. The van der Waals surface area contributed by atoms with Gasteiger partial charge in [0.05, 0.1) is 19.8 Å². The highest BCUT2D eigenvalue weighted by atomic mass is 16.7. The summed E-state index contributed by atoms with van der Waals surface area (Å²) in [6, 6.07) is 0. The Balaban J connectivity index is 1.89. The Hall–Kier alpha value is -0.660. The third kappa shape index (κ3) is 5.20. The quantitative estimate of drug-likeness (QED) is 0.255. The van der Waals surface area contributed by atoms with E-state index >= 15 is 0 Å². The summed E-state index contributed by atoms with van der Waals surface area (Å²) in [5.74, 6) is 0. The molecule has 0 radical (unpaired) electrons. The van der Waals surface area contributed by atoms with E-state index in [-0.39, 0.29) is 19.8 Å². The van der Waals surface area contributed by atoms with Crippen LogP contribution in [-0.2, 0) is 18.9 Å². The van der Waals surface area contributed by atoms with Crippen molar-refractivity contribution >= 4 is 0 Å². The van der Waals surface area contributed by atoms with Gasteiger partial charge in [-0.05, 0) is 6.42 Å². The van der Waals surface area contributed by atoms with Crippen LogP contribution in [0.25, 0.3) is 0 Å². The molecule has 6 N–H and O–H groups in total. The zero-order valence-electron chi connectivity index (χ0n) is 14.5. The van der Waals surface area contributed by atoms with E-state index in [1.54, 1.807) is 6.08 Å². The van der Waals surface area contributed by atoms with Crippen LogP contribution in [0.3, 0.4) is 0 Å². The van der Waals surface area contributed by atoms with Crippen LogP contribution in [0.2, 0.25) is 0 Å². The lowest BCUT2D eigenvalue weighted by Crippen LogP contribution is -2.60. The molecule has 2 fully saturated rings. The molecule has 2 rings (SSSR count). The summed E-state index contributed by atoms with van der Waals surface area (Å²) in [5, 5.41) is 58.8. The van der Waals surface area contributed by atoms with Gasteiger partial charge in [0.1, 0.15) is 42.7 Å². The Morgan fingerprint density at radius 1 is 0.846 bits per heavy atom. The van der Waals surface area contributed by atoms with Crippen molar-refractivity contribution in [3.05, 3.63) is 12.2 Å². The van der Waals surface area contributed by atoms with Crippen LogP contribution < -0.4 is 0 Å². The van der Waals surface area contributed by atoms with E-state index in [9.17, 15) is 30.6 Å². The highest BCUT2D eigenvalue weighted by Gasteiger charge is 2.45. The summed E-state index contributed by atoms with van der Waals surface area (Å²) in [6.45, 7) is 1.57. The Kier molecular flexibility index (Phi) is 8.36. The van der Waals surface area contributed by atoms with Crippen LogP contribution in [-0.4, -0.2) is 106 Å². The van der Waals surface area contributed by atoms with Gasteiger partial charge < -0.3 is 49.6 Å². The summed E-state index contributed by atoms with van der Waals surface area (Å²) in [5.41, 5.74) is 0. The van der Waals surface area contributed by atoms with Crippen molar-refractivity contribution in [1.82, 2.24) is 0 Å². The minimum Gasteiger partial charge on any atom is -0.388 e. The predicted octanol–water partition coefficient (Wildman–Crippen LogP) is -2.77. The van der Waals surface area contributed by atoms with Gasteiger partial charge in [-0.1, -0.05) is 19.1 Å². The fraction of sp³-hybridized carbons (Fsp3) is 0.875. The largest absolute Gasteiger partial charge is 0.388 e. The minimum absolute atomic E-state index is 0.153. The van der Waals surface area contributed by atoms with Gasteiger partial charge in [0.25, 0.3) is 0 Å². The van der Waals surface area contributed by atoms with Gasteiger partial charge in [-0.3, -0.25) is 0 Å². The first kappa shape index (κ1) is 21.6. The zero-order chi connectivity index (χ0) is 19.3. The molecule has 2 heterocycles. The molecule has 2 aliphatic rings.